The van der Waals surface area contributed by atoms with Crippen molar-refractivity contribution in [2.24, 2.45) is 23.0 Å². The molecule has 1 aromatic carbocycles. The van der Waals surface area contributed by atoms with Gasteiger partial charge in [0.15, 0.2) is 5.84 Å². The summed E-state index contributed by atoms with van der Waals surface area (Å²) in [7, 11) is 3.80. The average molecular weight is 523 g/mol. The van der Waals surface area contributed by atoms with Crippen molar-refractivity contribution < 1.29 is 1.43 Å². The van der Waals surface area contributed by atoms with Gasteiger partial charge in [0.25, 0.3) is 0 Å². The van der Waals surface area contributed by atoms with Gasteiger partial charge in [0.05, 0.1) is 12.5 Å². The van der Waals surface area contributed by atoms with Crippen molar-refractivity contribution >= 4 is 17.5 Å². The SMILES string of the molecule is CCC(C)CCN(CC)C(=NC)/N=C(/Nc1cc(C(C)(C)C)ccc1C)c1cncn1C.Cc1ncc[nH]1.[HH]. The molecule has 0 fully saturated rings. The lowest BCUT2D eigenvalue weighted by atomic mass is 9.86. The van der Waals surface area contributed by atoms with E-state index in [9.17, 15) is 0 Å². The molecule has 1 atom stereocenters. The number of imidazole rings is 2. The Balaban J connectivity index is 0.000000955. The maximum atomic E-state index is 5.02. The van der Waals surface area contributed by atoms with Crippen LogP contribution in [-0.2, 0) is 12.5 Å². The molecule has 1 unspecified atom stereocenters. The van der Waals surface area contributed by atoms with E-state index in [1.807, 2.05) is 31.8 Å². The second-order valence-electron chi connectivity index (χ2n) is 10.8. The number of anilines is 1. The smallest absolute Gasteiger partial charge is 0.222 e. The van der Waals surface area contributed by atoms with E-state index < -0.39 is 0 Å². The number of hydrogen-bond donors (Lipinski definition) is 2. The van der Waals surface area contributed by atoms with Gasteiger partial charge in [-0.15, -0.1) is 0 Å². The number of rotatable bonds is 7. The lowest BCUT2D eigenvalue weighted by Crippen LogP contribution is -2.33. The van der Waals surface area contributed by atoms with E-state index in [0.29, 0.717) is 5.92 Å². The molecule has 0 bridgehead atoms. The number of aromatic amines is 1. The Bertz CT molecular complexity index is 1170. The summed E-state index contributed by atoms with van der Waals surface area (Å²) < 4.78 is 1.98. The highest BCUT2D eigenvalue weighted by molar-refractivity contribution is 6.12. The van der Waals surface area contributed by atoms with Crippen molar-refractivity contribution in [1.29, 1.82) is 0 Å². The van der Waals surface area contributed by atoms with Crippen LogP contribution in [-0.4, -0.2) is 56.4 Å². The van der Waals surface area contributed by atoms with Crippen LogP contribution in [0.5, 0.6) is 0 Å². The Kier molecular flexibility index (Phi) is 11.8. The number of amidine groups is 1. The van der Waals surface area contributed by atoms with Crippen molar-refractivity contribution in [3.63, 3.8) is 0 Å². The van der Waals surface area contributed by atoms with Gasteiger partial charge in [-0.1, -0.05) is 53.2 Å². The number of H-pyrrole nitrogens is 1. The largest absolute Gasteiger partial charge is 0.349 e. The van der Waals surface area contributed by atoms with Gasteiger partial charge in [0.1, 0.15) is 11.5 Å². The monoisotopic (exact) mass is 522 g/mol. The van der Waals surface area contributed by atoms with Gasteiger partial charge in [-0.2, -0.15) is 4.99 Å². The van der Waals surface area contributed by atoms with Gasteiger partial charge in [0.2, 0.25) is 5.96 Å². The highest BCUT2D eigenvalue weighted by atomic mass is 15.3. The molecule has 0 saturated carbocycles. The topological polar surface area (TPSA) is 86.5 Å². The highest BCUT2D eigenvalue weighted by Gasteiger charge is 2.18. The van der Waals surface area contributed by atoms with Gasteiger partial charge in [-0.3, -0.25) is 4.99 Å². The Morgan fingerprint density at radius 2 is 1.97 bits per heavy atom. The van der Waals surface area contributed by atoms with Gasteiger partial charge in [0, 0.05) is 46.7 Å². The van der Waals surface area contributed by atoms with Crippen molar-refractivity contribution in [1.82, 2.24) is 24.4 Å². The molecule has 0 aliphatic rings. The first-order valence-electron chi connectivity index (χ1n) is 13.6. The molecule has 3 rings (SSSR count). The van der Waals surface area contributed by atoms with Crippen LogP contribution in [0.1, 0.15) is 78.5 Å². The van der Waals surface area contributed by atoms with Gasteiger partial charge in [-0.05, 0) is 55.7 Å². The Morgan fingerprint density at radius 3 is 2.45 bits per heavy atom. The predicted molar refractivity (Wildman–Crippen MR) is 163 cm³/mol. The number of guanidine groups is 1. The minimum Gasteiger partial charge on any atom is -0.349 e. The van der Waals surface area contributed by atoms with E-state index in [2.05, 4.69) is 96.8 Å². The molecule has 0 spiro atoms. The third-order valence-electron chi connectivity index (χ3n) is 6.72. The summed E-state index contributed by atoms with van der Waals surface area (Å²) in [5.74, 6) is 3.14. The van der Waals surface area contributed by atoms with Crippen LogP contribution >= 0.6 is 0 Å². The Morgan fingerprint density at radius 1 is 1.24 bits per heavy atom. The predicted octanol–water partition coefficient (Wildman–Crippen LogP) is 6.59. The Hall–Kier alpha value is -3.42. The van der Waals surface area contributed by atoms with Crippen molar-refractivity contribution in [3.05, 3.63) is 65.8 Å². The quantitative estimate of drug-likeness (QED) is 0.271. The molecule has 2 heterocycles. The van der Waals surface area contributed by atoms with Crippen LogP contribution in [0.3, 0.4) is 0 Å². The van der Waals surface area contributed by atoms with Crippen molar-refractivity contribution in [3.8, 4) is 0 Å². The van der Waals surface area contributed by atoms with E-state index in [4.69, 9.17) is 4.99 Å². The first-order chi connectivity index (χ1) is 18.0. The molecule has 0 radical (unpaired) electrons. The number of benzene rings is 1. The number of nitrogens with one attached hydrogen (secondary N) is 2. The van der Waals surface area contributed by atoms with Gasteiger partial charge >= 0.3 is 0 Å². The molecule has 0 aliphatic carbocycles. The second kappa shape index (κ2) is 14.5. The van der Waals surface area contributed by atoms with Gasteiger partial charge < -0.3 is 19.8 Å². The van der Waals surface area contributed by atoms with Crippen LogP contribution in [0.15, 0.2) is 53.1 Å². The molecule has 2 aromatic heterocycles. The summed E-state index contributed by atoms with van der Waals surface area (Å²) in [6.45, 7) is 19.2. The molecular formula is C30H50N8. The highest BCUT2D eigenvalue weighted by Crippen LogP contribution is 2.27. The summed E-state index contributed by atoms with van der Waals surface area (Å²) in [5.41, 5.74) is 4.49. The molecule has 210 valence electrons. The normalized spacial score (nSPS) is 13.1. The fourth-order valence-corrected chi connectivity index (χ4v) is 3.77. The second-order valence-corrected chi connectivity index (χ2v) is 10.8. The van der Waals surface area contributed by atoms with Crippen LogP contribution in [0.2, 0.25) is 0 Å². The van der Waals surface area contributed by atoms with Crippen LogP contribution in [0.25, 0.3) is 0 Å². The number of hydrogen-bond acceptors (Lipinski definition) is 3. The van der Waals surface area contributed by atoms with E-state index in [1.165, 1.54) is 17.5 Å². The summed E-state index contributed by atoms with van der Waals surface area (Å²) in [5, 5.41) is 3.60. The minimum absolute atomic E-state index is 0. The van der Waals surface area contributed by atoms with Gasteiger partial charge in [-0.25, -0.2) is 9.97 Å². The zero-order valence-corrected chi connectivity index (χ0v) is 25.1. The van der Waals surface area contributed by atoms with Crippen LogP contribution < -0.4 is 5.32 Å². The third kappa shape index (κ3) is 9.15. The minimum atomic E-state index is 0. The van der Waals surface area contributed by atoms with Crippen LogP contribution in [0, 0.1) is 19.8 Å². The fourth-order valence-electron chi connectivity index (χ4n) is 3.77. The number of aryl methyl sites for hydroxylation is 3. The van der Waals surface area contributed by atoms with E-state index in [-0.39, 0.29) is 6.84 Å². The number of nitrogens with zero attached hydrogens (tertiary/aromatic N) is 6. The zero-order chi connectivity index (χ0) is 28.3. The van der Waals surface area contributed by atoms with Crippen molar-refractivity contribution in [2.45, 2.75) is 73.6 Å². The molecule has 0 saturated heterocycles. The molecule has 0 aliphatic heterocycles. The maximum absolute atomic E-state index is 5.02. The first-order valence-corrected chi connectivity index (χ1v) is 13.6. The molecule has 38 heavy (non-hydrogen) atoms. The Labute approximate surface area is 231 Å². The summed E-state index contributed by atoms with van der Waals surface area (Å²) in [6.07, 6.45) is 9.49. The summed E-state index contributed by atoms with van der Waals surface area (Å²) in [6, 6.07) is 6.60. The first kappa shape index (κ1) is 30.8. The lowest BCUT2D eigenvalue weighted by molar-refractivity contribution is 0.376. The van der Waals surface area contributed by atoms with Crippen LogP contribution in [0.4, 0.5) is 5.69 Å². The molecule has 8 heteroatoms. The van der Waals surface area contributed by atoms with E-state index in [0.717, 1.165) is 48.5 Å². The summed E-state index contributed by atoms with van der Waals surface area (Å²) >= 11 is 0. The average Bonchev–Trinajstić information content (AvgIpc) is 3.54. The molecule has 0 amide bonds. The fraction of sp³-hybridized carbons (Fsp3) is 0.533. The molecular weight excluding hydrogens is 472 g/mol. The molecule has 3 aromatic rings. The lowest BCUT2D eigenvalue weighted by Gasteiger charge is -2.24. The molecule has 2 N–H and O–H groups in total. The third-order valence-corrected chi connectivity index (χ3v) is 6.72. The number of aliphatic imine (C=N–C) groups is 2. The standard InChI is InChI=1S/C26H42N6.C4H6N2.H2/c1-10-19(3)14-15-32(11-2)25(27-8)30-24(23-17-28-18-31(23)9)29-22-16-21(26(5,6)7)13-12-20(22)4;1-4-5-2-3-6-4;/h12-13,16-19H,10-11,14-15H2,1-9H3,(H,27,29,30);2-3H,1H3,(H,5,6);1H. The van der Waals surface area contributed by atoms with Crippen molar-refractivity contribution in [2.75, 3.05) is 25.5 Å². The summed E-state index contributed by atoms with van der Waals surface area (Å²) in [4.78, 5) is 22.9. The van der Waals surface area contributed by atoms with E-state index >= 15 is 0 Å². The number of aromatic nitrogens is 4. The zero-order valence-electron chi connectivity index (χ0n) is 25.1. The molecule has 8 nitrogen and oxygen atoms in total. The van der Waals surface area contributed by atoms with E-state index in [1.54, 1.807) is 18.7 Å². The maximum Gasteiger partial charge on any atom is 0.222 e.